The summed E-state index contributed by atoms with van der Waals surface area (Å²) >= 11 is 3.39. The van der Waals surface area contributed by atoms with Crippen LogP contribution in [0.15, 0.2) is 58.1 Å². The Hall–Kier alpha value is -2.19. The van der Waals surface area contributed by atoms with Gasteiger partial charge in [0.05, 0.1) is 17.7 Å². The zero-order valence-corrected chi connectivity index (χ0v) is 17.8. The fourth-order valence-electron chi connectivity index (χ4n) is 2.52. The van der Waals surface area contributed by atoms with Crippen LogP contribution in [0.1, 0.15) is 25.0 Å². The van der Waals surface area contributed by atoms with Crippen molar-refractivity contribution >= 4 is 43.3 Å². The Bertz CT molecular complexity index is 958. The number of anilines is 1. The average molecular weight is 452 g/mol. The van der Waals surface area contributed by atoms with Gasteiger partial charge in [0.25, 0.3) is 5.91 Å². The molecule has 0 bridgehead atoms. The molecule has 2 aromatic carbocycles. The van der Waals surface area contributed by atoms with E-state index in [-0.39, 0.29) is 6.54 Å². The summed E-state index contributed by atoms with van der Waals surface area (Å²) in [5.74, 6) is -0.513. The molecule has 1 amide bonds. The molecule has 0 saturated carbocycles. The average Bonchev–Trinajstić information content (AvgIpc) is 2.63. The van der Waals surface area contributed by atoms with Crippen molar-refractivity contribution in [2.75, 3.05) is 17.1 Å². The SMILES string of the molecule is CCc1ccccc1N(CC(=O)N/N=C(/C)c1cccc(Br)c1)S(C)(=O)=O. The molecule has 0 aliphatic rings. The lowest BCUT2D eigenvalue weighted by molar-refractivity contribution is -0.119. The molecule has 144 valence electrons. The summed E-state index contributed by atoms with van der Waals surface area (Å²) in [4.78, 5) is 12.3. The Morgan fingerprint density at radius 3 is 2.52 bits per heavy atom. The van der Waals surface area contributed by atoms with E-state index in [9.17, 15) is 13.2 Å². The van der Waals surface area contributed by atoms with Gasteiger partial charge in [0.15, 0.2) is 0 Å². The van der Waals surface area contributed by atoms with Gasteiger partial charge in [-0.3, -0.25) is 9.10 Å². The van der Waals surface area contributed by atoms with Crippen LogP contribution >= 0.6 is 15.9 Å². The van der Waals surface area contributed by atoms with Crippen LogP contribution in [0.2, 0.25) is 0 Å². The van der Waals surface area contributed by atoms with Crippen molar-refractivity contribution in [1.82, 2.24) is 5.43 Å². The van der Waals surface area contributed by atoms with Crippen LogP contribution in [0.5, 0.6) is 0 Å². The summed E-state index contributed by atoms with van der Waals surface area (Å²) in [6.45, 7) is 3.36. The maximum Gasteiger partial charge on any atom is 0.260 e. The van der Waals surface area contributed by atoms with Crippen molar-refractivity contribution < 1.29 is 13.2 Å². The third kappa shape index (κ3) is 5.90. The number of sulfonamides is 1. The van der Waals surface area contributed by atoms with E-state index in [0.29, 0.717) is 17.8 Å². The van der Waals surface area contributed by atoms with Crippen molar-refractivity contribution in [3.63, 3.8) is 0 Å². The summed E-state index contributed by atoms with van der Waals surface area (Å²) in [6.07, 6.45) is 1.74. The van der Waals surface area contributed by atoms with Gasteiger partial charge in [-0.15, -0.1) is 0 Å². The number of benzene rings is 2. The number of hydrogen-bond acceptors (Lipinski definition) is 4. The molecule has 0 spiro atoms. The molecular formula is C19H22BrN3O3S. The highest BCUT2D eigenvalue weighted by molar-refractivity contribution is 9.10. The Morgan fingerprint density at radius 2 is 1.89 bits per heavy atom. The first-order valence-electron chi connectivity index (χ1n) is 8.37. The van der Waals surface area contributed by atoms with Gasteiger partial charge < -0.3 is 0 Å². The number of nitrogens with zero attached hydrogens (tertiary/aromatic N) is 2. The van der Waals surface area contributed by atoms with Crippen LogP contribution in [-0.4, -0.2) is 32.8 Å². The van der Waals surface area contributed by atoms with Crippen LogP contribution in [0.25, 0.3) is 0 Å². The molecule has 0 aliphatic heterocycles. The van der Waals surface area contributed by atoms with Crippen LogP contribution in [0.4, 0.5) is 5.69 Å². The van der Waals surface area contributed by atoms with Gasteiger partial charge in [0, 0.05) is 4.47 Å². The molecule has 2 aromatic rings. The highest BCUT2D eigenvalue weighted by Gasteiger charge is 2.22. The van der Waals surface area contributed by atoms with E-state index < -0.39 is 15.9 Å². The van der Waals surface area contributed by atoms with Crippen molar-refractivity contribution in [2.24, 2.45) is 5.10 Å². The number of para-hydroxylation sites is 1. The minimum absolute atomic E-state index is 0.342. The smallest absolute Gasteiger partial charge is 0.260 e. The second-order valence-electron chi connectivity index (χ2n) is 5.99. The first-order valence-corrected chi connectivity index (χ1v) is 11.0. The Balaban J connectivity index is 2.19. The van der Waals surface area contributed by atoms with E-state index in [0.717, 1.165) is 26.2 Å². The quantitative estimate of drug-likeness (QED) is 0.517. The monoisotopic (exact) mass is 451 g/mol. The lowest BCUT2D eigenvalue weighted by Gasteiger charge is -2.23. The number of carbonyl (C=O) groups excluding carboxylic acids is 1. The van der Waals surface area contributed by atoms with Crippen LogP contribution in [0.3, 0.4) is 0 Å². The zero-order chi connectivity index (χ0) is 20.0. The second kappa shape index (κ2) is 9.14. The molecule has 0 aliphatic carbocycles. The van der Waals surface area contributed by atoms with E-state index in [1.807, 2.05) is 43.3 Å². The predicted molar refractivity (Wildman–Crippen MR) is 113 cm³/mol. The maximum absolute atomic E-state index is 12.3. The third-order valence-corrected chi connectivity index (χ3v) is 5.54. The Kier molecular flexibility index (Phi) is 7.15. The summed E-state index contributed by atoms with van der Waals surface area (Å²) in [6, 6.07) is 14.7. The van der Waals surface area contributed by atoms with Crippen LogP contribution in [-0.2, 0) is 21.2 Å². The van der Waals surface area contributed by atoms with Crippen molar-refractivity contribution in [2.45, 2.75) is 20.3 Å². The van der Waals surface area contributed by atoms with E-state index >= 15 is 0 Å². The molecule has 0 fully saturated rings. The van der Waals surface area contributed by atoms with Crippen molar-refractivity contribution in [3.05, 3.63) is 64.1 Å². The summed E-state index contributed by atoms with van der Waals surface area (Å²) < 4.78 is 26.5. The number of amides is 1. The van der Waals surface area contributed by atoms with Crippen LogP contribution in [0, 0.1) is 0 Å². The fourth-order valence-corrected chi connectivity index (χ4v) is 3.81. The molecule has 0 atom stereocenters. The number of carbonyl (C=O) groups is 1. The largest absolute Gasteiger partial charge is 0.271 e. The van der Waals surface area contributed by atoms with E-state index in [1.54, 1.807) is 19.1 Å². The summed E-state index contributed by atoms with van der Waals surface area (Å²) in [7, 11) is -3.62. The molecule has 27 heavy (non-hydrogen) atoms. The van der Waals surface area contributed by atoms with Gasteiger partial charge in [-0.1, -0.05) is 53.2 Å². The minimum atomic E-state index is -3.62. The number of hydrazone groups is 1. The lowest BCUT2D eigenvalue weighted by atomic mass is 10.1. The molecule has 6 nitrogen and oxygen atoms in total. The van der Waals surface area contributed by atoms with E-state index in [2.05, 4.69) is 26.5 Å². The van der Waals surface area contributed by atoms with Crippen molar-refractivity contribution in [1.29, 1.82) is 0 Å². The number of nitrogens with one attached hydrogen (secondary N) is 1. The molecule has 2 rings (SSSR count). The maximum atomic E-state index is 12.3. The Morgan fingerprint density at radius 1 is 1.19 bits per heavy atom. The molecular weight excluding hydrogens is 430 g/mol. The van der Waals surface area contributed by atoms with Gasteiger partial charge in [0.2, 0.25) is 10.0 Å². The fraction of sp³-hybridized carbons (Fsp3) is 0.263. The normalized spacial score (nSPS) is 11.9. The third-order valence-electron chi connectivity index (χ3n) is 3.92. The standard InChI is InChI=1S/C19H22BrN3O3S/c1-4-15-8-5-6-11-18(15)23(27(3,25)26)13-19(24)22-21-14(2)16-9-7-10-17(20)12-16/h5-12H,4,13H2,1-3H3,(H,22,24)/b21-14-. The second-order valence-corrected chi connectivity index (χ2v) is 8.82. The summed E-state index contributed by atoms with van der Waals surface area (Å²) in [5, 5.41) is 4.08. The number of rotatable bonds is 7. The predicted octanol–water partition coefficient (Wildman–Crippen LogP) is 3.32. The molecule has 1 N–H and O–H groups in total. The van der Waals surface area contributed by atoms with Gasteiger partial charge in [-0.25, -0.2) is 13.8 Å². The first kappa shape index (κ1) is 21.1. The highest BCUT2D eigenvalue weighted by atomic mass is 79.9. The molecule has 0 unspecified atom stereocenters. The molecule has 8 heteroatoms. The minimum Gasteiger partial charge on any atom is -0.271 e. The summed E-state index contributed by atoms with van der Waals surface area (Å²) in [5.41, 5.74) is 5.26. The van der Waals surface area contributed by atoms with Gasteiger partial charge >= 0.3 is 0 Å². The first-order chi connectivity index (χ1) is 12.7. The van der Waals surface area contributed by atoms with E-state index in [1.165, 1.54) is 0 Å². The molecule has 0 radical (unpaired) electrons. The molecule has 0 aromatic heterocycles. The highest BCUT2D eigenvalue weighted by Crippen LogP contribution is 2.23. The van der Waals surface area contributed by atoms with E-state index in [4.69, 9.17) is 0 Å². The van der Waals surface area contributed by atoms with Crippen molar-refractivity contribution in [3.8, 4) is 0 Å². The molecule has 0 saturated heterocycles. The van der Waals surface area contributed by atoms with Gasteiger partial charge in [-0.2, -0.15) is 5.10 Å². The zero-order valence-electron chi connectivity index (χ0n) is 15.4. The number of halogens is 1. The number of aryl methyl sites for hydroxylation is 1. The van der Waals surface area contributed by atoms with Crippen LogP contribution < -0.4 is 9.73 Å². The van der Waals surface area contributed by atoms with Gasteiger partial charge in [-0.05, 0) is 42.7 Å². The Labute approximate surface area is 168 Å². The topological polar surface area (TPSA) is 78.8 Å². The molecule has 0 heterocycles. The van der Waals surface area contributed by atoms with Gasteiger partial charge in [0.1, 0.15) is 6.54 Å². The lowest BCUT2D eigenvalue weighted by Crippen LogP contribution is -2.39. The number of hydrogen-bond donors (Lipinski definition) is 1.